The van der Waals surface area contributed by atoms with Crippen LogP contribution in [0.1, 0.15) is 39.0 Å². The molecule has 2 aliphatic rings. The van der Waals surface area contributed by atoms with Gasteiger partial charge in [0.15, 0.2) is 0 Å². The Morgan fingerprint density at radius 2 is 2.12 bits per heavy atom. The lowest BCUT2D eigenvalue weighted by Crippen LogP contribution is -2.50. The number of nitrogens with two attached hydrogens (primary N) is 1. The molecule has 4 heteroatoms. The molecular formula is C13H25N3O. The van der Waals surface area contributed by atoms with E-state index in [2.05, 4.69) is 17.1 Å². The first kappa shape index (κ1) is 12.8. The van der Waals surface area contributed by atoms with Gasteiger partial charge in [-0.15, -0.1) is 0 Å². The summed E-state index contributed by atoms with van der Waals surface area (Å²) in [6.07, 6.45) is 5.84. The summed E-state index contributed by atoms with van der Waals surface area (Å²) in [6.45, 7) is 3.95. The number of hydrogen-bond acceptors (Lipinski definition) is 3. The summed E-state index contributed by atoms with van der Waals surface area (Å²) in [5.74, 6) is 0.171. The molecule has 17 heavy (non-hydrogen) atoms. The summed E-state index contributed by atoms with van der Waals surface area (Å²) in [7, 11) is 1.72. The quantitative estimate of drug-likeness (QED) is 0.746. The molecular weight excluding hydrogens is 214 g/mol. The molecule has 1 heterocycles. The van der Waals surface area contributed by atoms with Crippen molar-refractivity contribution >= 4 is 5.91 Å². The van der Waals surface area contributed by atoms with Crippen molar-refractivity contribution in [3.63, 3.8) is 0 Å². The Balaban J connectivity index is 1.99. The van der Waals surface area contributed by atoms with E-state index in [1.807, 2.05) is 0 Å². The van der Waals surface area contributed by atoms with E-state index in [-0.39, 0.29) is 11.3 Å². The summed E-state index contributed by atoms with van der Waals surface area (Å²) in [5.41, 5.74) is 6.00. The molecule has 0 bridgehead atoms. The number of likely N-dealkylation sites (tertiary alicyclic amines) is 1. The van der Waals surface area contributed by atoms with Gasteiger partial charge < -0.3 is 11.1 Å². The van der Waals surface area contributed by atoms with Crippen molar-refractivity contribution in [3.8, 4) is 0 Å². The summed E-state index contributed by atoms with van der Waals surface area (Å²) in [6, 6.07) is 0.797. The van der Waals surface area contributed by atoms with E-state index in [1.54, 1.807) is 7.05 Å². The number of amides is 1. The molecule has 1 amide bonds. The van der Waals surface area contributed by atoms with Gasteiger partial charge in [0.1, 0.15) is 0 Å². The lowest BCUT2D eigenvalue weighted by molar-refractivity contribution is -0.129. The van der Waals surface area contributed by atoms with Gasteiger partial charge in [-0.2, -0.15) is 0 Å². The Morgan fingerprint density at radius 3 is 2.76 bits per heavy atom. The third kappa shape index (κ3) is 2.47. The van der Waals surface area contributed by atoms with Gasteiger partial charge in [0.2, 0.25) is 5.91 Å². The highest BCUT2D eigenvalue weighted by atomic mass is 16.2. The fourth-order valence-electron chi connectivity index (χ4n) is 3.36. The second kappa shape index (κ2) is 4.94. The molecule has 4 nitrogen and oxygen atoms in total. The number of carbonyl (C=O) groups is 1. The van der Waals surface area contributed by atoms with Crippen LogP contribution in [0.5, 0.6) is 0 Å². The first-order valence-electron chi connectivity index (χ1n) is 6.79. The van der Waals surface area contributed by atoms with Gasteiger partial charge in [0, 0.05) is 25.7 Å². The first-order valence-corrected chi connectivity index (χ1v) is 6.79. The maximum absolute atomic E-state index is 11.9. The smallest absolute Gasteiger partial charge is 0.227 e. The maximum atomic E-state index is 11.9. The molecule has 2 fully saturated rings. The summed E-state index contributed by atoms with van der Waals surface area (Å²) in [5, 5.41) is 2.79. The molecule has 0 radical (unpaired) electrons. The van der Waals surface area contributed by atoms with Crippen molar-refractivity contribution in [1.82, 2.24) is 10.2 Å². The van der Waals surface area contributed by atoms with Crippen molar-refractivity contribution in [2.24, 2.45) is 11.1 Å². The molecule has 3 N–H and O–H groups in total. The van der Waals surface area contributed by atoms with Crippen molar-refractivity contribution in [1.29, 1.82) is 0 Å². The summed E-state index contributed by atoms with van der Waals surface area (Å²) in [4.78, 5) is 14.3. The monoisotopic (exact) mass is 239 g/mol. The van der Waals surface area contributed by atoms with Crippen LogP contribution in [0.15, 0.2) is 0 Å². The van der Waals surface area contributed by atoms with Crippen LogP contribution >= 0.6 is 0 Å². The van der Waals surface area contributed by atoms with E-state index in [4.69, 9.17) is 5.73 Å². The lowest BCUT2D eigenvalue weighted by atomic mass is 9.87. The highest BCUT2D eigenvalue weighted by molar-refractivity contribution is 5.82. The summed E-state index contributed by atoms with van der Waals surface area (Å²) >= 11 is 0. The van der Waals surface area contributed by atoms with Crippen LogP contribution in [0.3, 0.4) is 0 Å². The van der Waals surface area contributed by atoms with Crippen LogP contribution in [0, 0.1) is 5.41 Å². The molecule has 1 aliphatic carbocycles. The van der Waals surface area contributed by atoms with Crippen molar-refractivity contribution < 1.29 is 4.79 Å². The second-order valence-corrected chi connectivity index (χ2v) is 5.88. The number of hydrogen-bond donors (Lipinski definition) is 2. The highest BCUT2D eigenvalue weighted by Gasteiger charge is 2.43. The molecule has 1 saturated carbocycles. The zero-order valence-electron chi connectivity index (χ0n) is 11.0. The zero-order chi connectivity index (χ0) is 12.5. The number of carbonyl (C=O) groups excluding carboxylic acids is 1. The van der Waals surface area contributed by atoms with Crippen molar-refractivity contribution in [3.05, 3.63) is 0 Å². The maximum Gasteiger partial charge on any atom is 0.227 e. The van der Waals surface area contributed by atoms with E-state index in [0.29, 0.717) is 12.1 Å². The van der Waals surface area contributed by atoms with Gasteiger partial charge in [-0.05, 0) is 32.7 Å². The van der Waals surface area contributed by atoms with Gasteiger partial charge in [-0.25, -0.2) is 0 Å². The molecule has 0 aromatic carbocycles. The Hall–Kier alpha value is -0.610. The number of nitrogens with zero attached hydrogens (tertiary/aromatic N) is 1. The Labute approximate surface area is 104 Å². The van der Waals surface area contributed by atoms with E-state index in [1.165, 1.54) is 19.3 Å². The molecule has 1 aliphatic heterocycles. The predicted molar refractivity (Wildman–Crippen MR) is 68.6 cm³/mol. The van der Waals surface area contributed by atoms with Crippen molar-refractivity contribution in [2.75, 3.05) is 20.1 Å². The zero-order valence-corrected chi connectivity index (χ0v) is 11.0. The molecule has 0 spiro atoms. The van der Waals surface area contributed by atoms with E-state index >= 15 is 0 Å². The van der Waals surface area contributed by atoms with Crippen LogP contribution in [-0.4, -0.2) is 43.0 Å². The van der Waals surface area contributed by atoms with Crippen LogP contribution in [0.4, 0.5) is 0 Å². The average Bonchev–Trinajstić information content (AvgIpc) is 2.72. The summed E-state index contributed by atoms with van der Waals surface area (Å²) < 4.78 is 0. The van der Waals surface area contributed by atoms with E-state index < -0.39 is 0 Å². The lowest BCUT2D eigenvalue weighted by Gasteiger charge is -2.36. The molecule has 0 aromatic heterocycles. The highest BCUT2D eigenvalue weighted by Crippen LogP contribution is 2.34. The van der Waals surface area contributed by atoms with Crippen molar-refractivity contribution in [2.45, 2.75) is 51.1 Å². The van der Waals surface area contributed by atoms with Crippen LogP contribution in [-0.2, 0) is 4.79 Å². The van der Waals surface area contributed by atoms with Crippen LogP contribution < -0.4 is 11.1 Å². The third-order valence-electron chi connectivity index (χ3n) is 4.53. The average molecular weight is 239 g/mol. The van der Waals surface area contributed by atoms with Gasteiger partial charge >= 0.3 is 0 Å². The minimum atomic E-state index is -0.216. The molecule has 3 atom stereocenters. The normalized spacial score (nSPS) is 39.2. The molecule has 1 saturated heterocycles. The molecule has 3 unspecified atom stereocenters. The van der Waals surface area contributed by atoms with Gasteiger partial charge in [0.05, 0.1) is 5.41 Å². The Morgan fingerprint density at radius 1 is 1.41 bits per heavy atom. The second-order valence-electron chi connectivity index (χ2n) is 5.88. The molecule has 0 aromatic rings. The van der Waals surface area contributed by atoms with E-state index in [0.717, 1.165) is 25.9 Å². The predicted octanol–water partition coefficient (Wildman–Crippen LogP) is 0.714. The van der Waals surface area contributed by atoms with Crippen LogP contribution in [0.2, 0.25) is 0 Å². The minimum Gasteiger partial charge on any atom is -0.359 e. The molecule has 2 rings (SSSR count). The third-order valence-corrected chi connectivity index (χ3v) is 4.53. The SMILES string of the molecule is CNC(=O)C1(C)CCN(C2CCCCC2N)C1. The van der Waals surface area contributed by atoms with E-state index in [9.17, 15) is 4.79 Å². The Bertz CT molecular complexity index is 294. The van der Waals surface area contributed by atoms with Crippen LogP contribution in [0.25, 0.3) is 0 Å². The number of rotatable bonds is 2. The largest absolute Gasteiger partial charge is 0.359 e. The first-order chi connectivity index (χ1) is 8.07. The van der Waals surface area contributed by atoms with Gasteiger partial charge in [-0.3, -0.25) is 9.69 Å². The fraction of sp³-hybridized carbons (Fsp3) is 0.923. The number of nitrogens with one attached hydrogen (secondary N) is 1. The minimum absolute atomic E-state index is 0.171. The molecule has 98 valence electrons. The van der Waals surface area contributed by atoms with Gasteiger partial charge in [0.25, 0.3) is 0 Å². The Kier molecular flexibility index (Phi) is 3.73. The fourth-order valence-corrected chi connectivity index (χ4v) is 3.36. The standard InChI is InChI=1S/C13H25N3O/c1-13(12(17)15-2)7-8-16(9-13)11-6-4-3-5-10(11)14/h10-11H,3-9,14H2,1-2H3,(H,15,17). The van der Waals surface area contributed by atoms with Gasteiger partial charge in [-0.1, -0.05) is 12.8 Å². The topological polar surface area (TPSA) is 58.4 Å².